The van der Waals surface area contributed by atoms with Crippen molar-refractivity contribution in [2.75, 3.05) is 32.7 Å². The lowest BCUT2D eigenvalue weighted by atomic mass is 10.1. The normalized spacial score (nSPS) is 21.0. The molecular weight excluding hydrogens is 362 g/mol. The van der Waals surface area contributed by atoms with E-state index in [2.05, 4.69) is 10.2 Å². The predicted molar refractivity (Wildman–Crippen MR) is 102 cm³/mol. The smallest absolute Gasteiger partial charge is 0.274 e. The van der Waals surface area contributed by atoms with E-state index in [1.165, 1.54) is 12.1 Å². The molecule has 0 saturated carbocycles. The summed E-state index contributed by atoms with van der Waals surface area (Å²) in [6.07, 6.45) is 0.904. The topological polar surface area (TPSA) is 107 Å². The average molecular weight is 389 g/mol. The fraction of sp³-hybridized carbons (Fsp3) is 0.632. The summed E-state index contributed by atoms with van der Waals surface area (Å²) in [5.74, 6) is -0.589. The van der Waals surface area contributed by atoms with Gasteiger partial charge in [0.15, 0.2) is 0 Å². The van der Waals surface area contributed by atoms with Crippen LogP contribution >= 0.6 is 0 Å². The van der Waals surface area contributed by atoms with Gasteiger partial charge in [-0.05, 0) is 33.3 Å². The quantitative estimate of drug-likeness (QED) is 0.772. The Kier molecular flexibility index (Phi) is 5.53. The van der Waals surface area contributed by atoms with Crippen molar-refractivity contribution in [1.82, 2.24) is 24.9 Å². The van der Waals surface area contributed by atoms with E-state index in [9.17, 15) is 19.2 Å². The largest absolute Gasteiger partial charge is 0.341 e. The van der Waals surface area contributed by atoms with Gasteiger partial charge in [-0.15, -0.1) is 0 Å². The van der Waals surface area contributed by atoms with Crippen LogP contribution in [0.4, 0.5) is 0 Å². The zero-order valence-corrected chi connectivity index (χ0v) is 16.6. The average Bonchev–Trinajstić information content (AvgIpc) is 2.88. The lowest BCUT2D eigenvalue weighted by Gasteiger charge is -2.32. The van der Waals surface area contributed by atoms with Crippen LogP contribution in [-0.2, 0) is 9.59 Å². The summed E-state index contributed by atoms with van der Waals surface area (Å²) in [4.78, 5) is 54.1. The summed E-state index contributed by atoms with van der Waals surface area (Å²) in [6.45, 7) is 8.25. The third-order valence-electron chi connectivity index (χ3n) is 5.28. The lowest BCUT2D eigenvalue weighted by molar-refractivity contribution is -0.135. The molecule has 1 aromatic heterocycles. The molecule has 3 amide bonds. The van der Waals surface area contributed by atoms with Crippen molar-refractivity contribution in [2.24, 2.45) is 5.92 Å². The second kappa shape index (κ2) is 7.73. The number of nitrogens with one attached hydrogen (secondary N) is 1. The molecule has 0 aromatic carbocycles. The maximum absolute atomic E-state index is 12.9. The summed E-state index contributed by atoms with van der Waals surface area (Å²) in [6, 6.07) is 2.67. The highest BCUT2D eigenvalue weighted by Crippen LogP contribution is 2.27. The maximum atomic E-state index is 12.9. The summed E-state index contributed by atoms with van der Waals surface area (Å²) in [5, 5.41) is 6.05. The third kappa shape index (κ3) is 4.23. The van der Waals surface area contributed by atoms with Crippen molar-refractivity contribution in [3.05, 3.63) is 28.2 Å². The third-order valence-corrected chi connectivity index (χ3v) is 5.28. The highest BCUT2D eigenvalue weighted by Gasteiger charge is 2.41. The van der Waals surface area contributed by atoms with Crippen molar-refractivity contribution in [1.29, 1.82) is 0 Å². The number of H-pyrrole nitrogens is 1. The van der Waals surface area contributed by atoms with Crippen LogP contribution in [0.5, 0.6) is 0 Å². The van der Waals surface area contributed by atoms with Gasteiger partial charge < -0.3 is 14.7 Å². The van der Waals surface area contributed by atoms with Crippen LogP contribution in [0.2, 0.25) is 0 Å². The fourth-order valence-electron chi connectivity index (χ4n) is 3.75. The Bertz CT molecular complexity index is 808. The van der Waals surface area contributed by atoms with E-state index < -0.39 is 0 Å². The number of aromatic amines is 1. The van der Waals surface area contributed by atoms with Gasteiger partial charge in [-0.2, -0.15) is 5.10 Å². The number of likely N-dealkylation sites (tertiary alicyclic amines) is 1. The predicted octanol–water partition coefficient (Wildman–Crippen LogP) is 0.0914. The molecular formula is C19H27N5O4. The molecule has 1 aromatic rings. The number of amides is 3. The van der Waals surface area contributed by atoms with E-state index in [1.807, 2.05) is 20.8 Å². The van der Waals surface area contributed by atoms with Gasteiger partial charge in [-0.1, -0.05) is 0 Å². The molecule has 1 unspecified atom stereocenters. The molecule has 2 fully saturated rings. The van der Waals surface area contributed by atoms with Crippen LogP contribution in [0.3, 0.4) is 0 Å². The van der Waals surface area contributed by atoms with E-state index in [4.69, 9.17) is 0 Å². The van der Waals surface area contributed by atoms with Crippen LogP contribution < -0.4 is 5.56 Å². The van der Waals surface area contributed by atoms with Crippen LogP contribution in [0, 0.1) is 5.92 Å². The number of carbonyl (C=O) groups is 3. The van der Waals surface area contributed by atoms with Gasteiger partial charge >= 0.3 is 0 Å². The van der Waals surface area contributed by atoms with Gasteiger partial charge in [0, 0.05) is 50.7 Å². The molecule has 1 N–H and O–H groups in total. The molecule has 3 heterocycles. The number of nitrogens with zero attached hydrogens (tertiary/aromatic N) is 4. The Morgan fingerprint density at radius 1 is 1.07 bits per heavy atom. The van der Waals surface area contributed by atoms with Crippen LogP contribution in [0.15, 0.2) is 16.9 Å². The lowest BCUT2D eigenvalue weighted by Crippen LogP contribution is -2.44. The van der Waals surface area contributed by atoms with Crippen molar-refractivity contribution in [3.8, 4) is 0 Å². The molecule has 9 nitrogen and oxygen atoms in total. The van der Waals surface area contributed by atoms with Crippen LogP contribution in [-0.4, -0.2) is 80.9 Å². The van der Waals surface area contributed by atoms with E-state index >= 15 is 0 Å². The van der Waals surface area contributed by atoms with Crippen LogP contribution in [0.25, 0.3) is 0 Å². The minimum absolute atomic E-state index is 0.0154. The molecule has 2 aliphatic heterocycles. The minimum atomic E-state index is -0.361. The Morgan fingerprint density at radius 2 is 1.75 bits per heavy atom. The Morgan fingerprint density at radius 3 is 2.36 bits per heavy atom. The number of hydrogen-bond acceptors (Lipinski definition) is 5. The first-order valence-electron chi connectivity index (χ1n) is 9.61. The Balaban J connectivity index is 1.61. The SMILES string of the molecule is CC(C)(C)N1CC(C(=O)N2CCCN(C(=O)c3ccc(=O)[nH]n3)CC2)CC1=O. The number of hydrogen-bond donors (Lipinski definition) is 1. The molecule has 0 aliphatic carbocycles. The highest BCUT2D eigenvalue weighted by molar-refractivity contribution is 5.92. The Labute approximate surface area is 163 Å². The summed E-state index contributed by atoms with van der Waals surface area (Å²) in [5.41, 5.74) is -0.473. The van der Waals surface area contributed by atoms with Gasteiger partial charge in [-0.3, -0.25) is 19.2 Å². The van der Waals surface area contributed by atoms with Gasteiger partial charge in [0.25, 0.3) is 11.5 Å². The molecule has 3 rings (SSSR count). The monoisotopic (exact) mass is 389 g/mol. The molecule has 2 saturated heterocycles. The zero-order valence-electron chi connectivity index (χ0n) is 16.6. The molecule has 0 spiro atoms. The van der Waals surface area contributed by atoms with Crippen molar-refractivity contribution in [2.45, 2.75) is 39.2 Å². The van der Waals surface area contributed by atoms with E-state index in [0.29, 0.717) is 39.1 Å². The number of carbonyl (C=O) groups excluding carboxylic acids is 3. The zero-order chi connectivity index (χ0) is 20.5. The first-order chi connectivity index (χ1) is 13.2. The standard InChI is InChI=1S/C19H27N5O4/c1-19(2,3)24-12-13(11-16(24)26)17(27)22-7-4-8-23(10-9-22)18(28)14-5-6-15(25)21-20-14/h5-6,13H,4,7-12H2,1-3H3,(H,21,25). The summed E-state index contributed by atoms with van der Waals surface area (Å²) < 4.78 is 0. The highest BCUT2D eigenvalue weighted by atomic mass is 16.2. The Hall–Kier alpha value is -2.71. The minimum Gasteiger partial charge on any atom is -0.341 e. The van der Waals surface area contributed by atoms with Gasteiger partial charge in [-0.25, -0.2) is 5.10 Å². The molecule has 1 atom stereocenters. The molecule has 28 heavy (non-hydrogen) atoms. The first-order valence-corrected chi connectivity index (χ1v) is 9.61. The van der Waals surface area contributed by atoms with Crippen LogP contribution in [0.1, 0.15) is 44.1 Å². The summed E-state index contributed by atoms with van der Waals surface area (Å²) >= 11 is 0. The molecule has 152 valence electrons. The summed E-state index contributed by atoms with van der Waals surface area (Å²) in [7, 11) is 0. The van der Waals surface area contributed by atoms with Crippen molar-refractivity contribution in [3.63, 3.8) is 0 Å². The maximum Gasteiger partial charge on any atom is 0.274 e. The van der Waals surface area contributed by atoms with Gasteiger partial charge in [0.05, 0.1) is 5.92 Å². The molecule has 0 radical (unpaired) electrons. The molecule has 0 bridgehead atoms. The molecule has 2 aliphatic rings. The van der Waals surface area contributed by atoms with Gasteiger partial charge in [0.2, 0.25) is 11.8 Å². The van der Waals surface area contributed by atoms with E-state index in [-0.39, 0.29) is 46.9 Å². The fourth-order valence-corrected chi connectivity index (χ4v) is 3.75. The van der Waals surface area contributed by atoms with E-state index in [1.54, 1.807) is 14.7 Å². The molecule has 9 heteroatoms. The van der Waals surface area contributed by atoms with Crippen molar-refractivity contribution >= 4 is 17.7 Å². The number of rotatable bonds is 2. The second-order valence-electron chi connectivity index (χ2n) is 8.35. The van der Waals surface area contributed by atoms with Gasteiger partial charge in [0.1, 0.15) is 5.69 Å². The van der Waals surface area contributed by atoms with Crippen molar-refractivity contribution < 1.29 is 14.4 Å². The number of aromatic nitrogens is 2. The first kappa shape index (κ1) is 20.0. The van der Waals surface area contributed by atoms with E-state index in [0.717, 1.165) is 0 Å². The second-order valence-corrected chi connectivity index (χ2v) is 8.35.